The molecule has 1 N–H and O–H groups in total. The lowest BCUT2D eigenvalue weighted by molar-refractivity contribution is -0.157. The van der Waals surface area contributed by atoms with Crippen LogP contribution in [0.25, 0.3) is 0 Å². The second kappa shape index (κ2) is 7.10. The van der Waals surface area contributed by atoms with Crippen LogP contribution in [0.5, 0.6) is 0 Å². The maximum Gasteiger partial charge on any atom is 0.406 e. The van der Waals surface area contributed by atoms with Crippen LogP contribution >= 0.6 is 11.8 Å². The molecule has 0 radical (unpaired) electrons. The molecule has 1 aliphatic heterocycles. The van der Waals surface area contributed by atoms with Crippen molar-refractivity contribution in [3.05, 3.63) is 0 Å². The Kier molecular flexibility index (Phi) is 5.63. The van der Waals surface area contributed by atoms with Gasteiger partial charge >= 0.3 is 6.18 Å². The molecule has 4 nitrogen and oxygen atoms in total. The van der Waals surface area contributed by atoms with Crippen LogP contribution < -0.4 is 5.32 Å². The van der Waals surface area contributed by atoms with E-state index in [0.29, 0.717) is 5.25 Å². The summed E-state index contributed by atoms with van der Waals surface area (Å²) in [4.78, 5) is 24.5. The summed E-state index contributed by atoms with van der Waals surface area (Å²) in [5, 5.41) is 3.44. The van der Waals surface area contributed by atoms with Crippen LogP contribution in [0.3, 0.4) is 0 Å². The Bertz CT molecular complexity index is 431. The molecule has 3 atom stereocenters. The molecule has 1 saturated heterocycles. The predicted molar refractivity (Wildman–Crippen MR) is 78.4 cm³/mol. The monoisotopic (exact) mass is 338 g/mol. The van der Waals surface area contributed by atoms with Crippen molar-refractivity contribution in [2.45, 2.75) is 49.6 Å². The smallest absolute Gasteiger partial charge is 0.353 e. The summed E-state index contributed by atoms with van der Waals surface area (Å²) >= 11 is 1.78. The Balaban J connectivity index is 1.84. The predicted octanol–water partition coefficient (Wildman–Crippen LogP) is 2.19. The number of hydrogen-bond donors (Lipinski definition) is 1. The number of nitrogens with zero attached hydrogens (tertiary/aromatic N) is 1. The van der Waals surface area contributed by atoms with E-state index in [9.17, 15) is 22.8 Å². The van der Waals surface area contributed by atoms with Gasteiger partial charge in [-0.15, -0.1) is 0 Å². The number of halogens is 3. The number of alkyl halides is 3. The lowest BCUT2D eigenvalue weighted by Crippen LogP contribution is -2.43. The highest BCUT2D eigenvalue weighted by molar-refractivity contribution is 7.99. The molecule has 8 heteroatoms. The minimum atomic E-state index is -4.42. The summed E-state index contributed by atoms with van der Waals surface area (Å²) in [6.07, 6.45) is 1.46. The zero-order valence-corrected chi connectivity index (χ0v) is 13.3. The number of carbonyl (C=O) groups excluding carboxylic acids is 2. The van der Waals surface area contributed by atoms with Gasteiger partial charge in [0.05, 0.1) is 5.92 Å². The number of thioether (sulfide) groups is 1. The van der Waals surface area contributed by atoms with Crippen LogP contribution in [0, 0.1) is 5.92 Å². The SMILES string of the molecule is CS[C@@H]1CCC[C@@H](NC(=O)[C@@H]2CC(=O)N(CC(F)(F)F)C2)C1. The van der Waals surface area contributed by atoms with E-state index >= 15 is 0 Å². The van der Waals surface area contributed by atoms with Gasteiger partial charge in [0.2, 0.25) is 11.8 Å². The van der Waals surface area contributed by atoms with E-state index in [1.807, 2.05) is 6.26 Å². The molecule has 2 amide bonds. The second-order valence-electron chi connectivity index (χ2n) is 6.02. The molecule has 2 rings (SSSR count). The molecule has 0 unspecified atom stereocenters. The van der Waals surface area contributed by atoms with E-state index in [2.05, 4.69) is 5.32 Å². The second-order valence-corrected chi connectivity index (χ2v) is 7.16. The molecular weight excluding hydrogens is 317 g/mol. The zero-order valence-electron chi connectivity index (χ0n) is 12.5. The van der Waals surface area contributed by atoms with Gasteiger partial charge in [0.1, 0.15) is 6.54 Å². The highest BCUT2D eigenvalue weighted by atomic mass is 32.2. The van der Waals surface area contributed by atoms with Gasteiger partial charge in [0.25, 0.3) is 0 Å². The molecule has 126 valence electrons. The topological polar surface area (TPSA) is 49.4 Å². The third-order valence-electron chi connectivity index (χ3n) is 4.26. The molecule has 22 heavy (non-hydrogen) atoms. The quantitative estimate of drug-likeness (QED) is 0.855. The van der Waals surface area contributed by atoms with Crippen molar-refractivity contribution in [1.29, 1.82) is 0 Å². The van der Waals surface area contributed by atoms with E-state index in [1.54, 1.807) is 11.8 Å². The van der Waals surface area contributed by atoms with E-state index < -0.39 is 24.5 Å². The van der Waals surface area contributed by atoms with Gasteiger partial charge in [0.15, 0.2) is 0 Å². The van der Waals surface area contributed by atoms with Crippen LogP contribution in [0.15, 0.2) is 0 Å². The minimum absolute atomic E-state index is 0.0745. The number of hydrogen-bond acceptors (Lipinski definition) is 3. The van der Waals surface area contributed by atoms with Crippen molar-refractivity contribution < 1.29 is 22.8 Å². The Morgan fingerprint density at radius 3 is 2.77 bits per heavy atom. The van der Waals surface area contributed by atoms with Crippen molar-refractivity contribution in [3.63, 3.8) is 0 Å². The van der Waals surface area contributed by atoms with Crippen LogP contribution in [0.2, 0.25) is 0 Å². The molecule has 2 aliphatic rings. The minimum Gasteiger partial charge on any atom is -0.353 e. The van der Waals surface area contributed by atoms with E-state index in [4.69, 9.17) is 0 Å². The average Bonchev–Trinajstić information content (AvgIpc) is 2.78. The van der Waals surface area contributed by atoms with Gasteiger partial charge in [0, 0.05) is 24.3 Å². The molecule has 0 aromatic rings. The van der Waals surface area contributed by atoms with Gasteiger partial charge in [-0.1, -0.05) is 6.42 Å². The lowest BCUT2D eigenvalue weighted by atomic mass is 9.94. The van der Waals surface area contributed by atoms with Crippen molar-refractivity contribution in [3.8, 4) is 0 Å². The van der Waals surface area contributed by atoms with Crippen LogP contribution in [-0.2, 0) is 9.59 Å². The normalized spacial score (nSPS) is 29.7. The molecule has 1 aliphatic carbocycles. The highest BCUT2D eigenvalue weighted by Crippen LogP contribution is 2.28. The third-order valence-corrected chi connectivity index (χ3v) is 5.36. The maximum absolute atomic E-state index is 12.4. The van der Waals surface area contributed by atoms with Gasteiger partial charge in [-0.25, -0.2) is 0 Å². The van der Waals surface area contributed by atoms with Crippen LogP contribution in [0.4, 0.5) is 13.2 Å². The average molecular weight is 338 g/mol. The lowest BCUT2D eigenvalue weighted by Gasteiger charge is -2.29. The Hall–Kier alpha value is -0.920. The summed E-state index contributed by atoms with van der Waals surface area (Å²) in [6.45, 7) is -1.41. The van der Waals surface area contributed by atoms with Crippen molar-refractivity contribution in [2.75, 3.05) is 19.3 Å². The fourth-order valence-corrected chi connectivity index (χ4v) is 3.95. The molecule has 0 spiro atoms. The highest BCUT2D eigenvalue weighted by Gasteiger charge is 2.41. The first-order valence-corrected chi connectivity index (χ1v) is 8.75. The van der Waals surface area contributed by atoms with E-state index in [1.165, 1.54) is 0 Å². The summed E-state index contributed by atoms with van der Waals surface area (Å²) in [7, 11) is 0. The molecular formula is C14H21F3N2O2S. The van der Waals surface area contributed by atoms with Gasteiger partial charge in [-0.05, 0) is 25.5 Å². The molecule has 0 aromatic carbocycles. The maximum atomic E-state index is 12.4. The Labute approximate surface area is 132 Å². The number of nitrogens with one attached hydrogen (secondary N) is 1. The van der Waals surface area contributed by atoms with Crippen molar-refractivity contribution in [1.82, 2.24) is 10.2 Å². The van der Waals surface area contributed by atoms with Gasteiger partial charge in [-0.3, -0.25) is 9.59 Å². The first-order valence-electron chi connectivity index (χ1n) is 7.46. The standard InChI is InChI=1S/C14H21F3N2O2S/c1-22-11-4-2-3-10(6-11)18-13(21)9-5-12(20)19(7-9)8-14(15,16)17/h9-11H,2-8H2,1H3,(H,18,21)/t9-,10-,11-/m1/s1. The summed E-state index contributed by atoms with van der Waals surface area (Å²) in [5.74, 6) is -1.54. The molecule has 1 heterocycles. The van der Waals surface area contributed by atoms with E-state index in [-0.39, 0.29) is 24.9 Å². The zero-order chi connectivity index (χ0) is 16.3. The number of amides is 2. The van der Waals surface area contributed by atoms with Crippen LogP contribution in [0.1, 0.15) is 32.1 Å². The first kappa shape index (κ1) is 17.4. The number of likely N-dealkylation sites (tertiary alicyclic amines) is 1. The van der Waals surface area contributed by atoms with E-state index in [0.717, 1.165) is 30.6 Å². The Morgan fingerprint density at radius 2 is 2.14 bits per heavy atom. The molecule has 0 aromatic heterocycles. The number of carbonyl (C=O) groups is 2. The van der Waals surface area contributed by atoms with Crippen molar-refractivity contribution in [2.24, 2.45) is 5.92 Å². The molecule has 2 fully saturated rings. The fraction of sp³-hybridized carbons (Fsp3) is 0.857. The molecule has 1 saturated carbocycles. The Morgan fingerprint density at radius 1 is 1.41 bits per heavy atom. The van der Waals surface area contributed by atoms with Crippen LogP contribution in [-0.4, -0.2) is 53.5 Å². The fourth-order valence-electron chi connectivity index (χ4n) is 3.13. The summed E-state index contributed by atoms with van der Waals surface area (Å²) < 4.78 is 37.1. The van der Waals surface area contributed by atoms with Crippen molar-refractivity contribution >= 4 is 23.6 Å². The van der Waals surface area contributed by atoms with Gasteiger partial charge in [-0.2, -0.15) is 24.9 Å². The summed E-state index contributed by atoms with van der Waals surface area (Å²) in [6, 6.07) is 0.0745. The largest absolute Gasteiger partial charge is 0.406 e. The van der Waals surface area contributed by atoms with Gasteiger partial charge < -0.3 is 10.2 Å². The third kappa shape index (κ3) is 4.79. The first-order chi connectivity index (χ1) is 10.3. The summed E-state index contributed by atoms with van der Waals surface area (Å²) in [5.41, 5.74) is 0. The number of rotatable bonds is 4. The molecule has 0 bridgehead atoms.